The number of nitrogens with one attached hydrogen (secondary N) is 1. The number of nitrogens with two attached hydrogens (primary N) is 1. The number of nitrogen functional groups attached to an aromatic ring is 1. The highest BCUT2D eigenvalue weighted by Crippen LogP contribution is 2.35. The molecular formula is C23H27N3O2. The third-order valence-corrected chi connectivity index (χ3v) is 6.18. The smallest absolute Gasteiger partial charge is 0.254 e. The number of likely N-dealkylation sites (tertiary alicyclic amines) is 1. The van der Waals surface area contributed by atoms with Gasteiger partial charge in [0.05, 0.1) is 6.04 Å². The van der Waals surface area contributed by atoms with Gasteiger partial charge in [0.25, 0.3) is 5.91 Å². The van der Waals surface area contributed by atoms with E-state index in [0.717, 1.165) is 36.9 Å². The maximum absolute atomic E-state index is 13.3. The first-order chi connectivity index (χ1) is 13.5. The molecule has 0 saturated carbocycles. The van der Waals surface area contributed by atoms with E-state index in [0.29, 0.717) is 18.5 Å². The van der Waals surface area contributed by atoms with Gasteiger partial charge in [-0.3, -0.25) is 9.59 Å². The van der Waals surface area contributed by atoms with Crippen LogP contribution in [-0.2, 0) is 11.2 Å². The van der Waals surface area contributed by atoms with E-state index in [1.165, 1.54) is 5.56 Å². The molecule has 3 N–H and O–H groups in total. The highest BCUT2D eigenvalue weighted by atomic mass is 16.2. The molecule has 5 nitrogen and oxygen atoms in total. The summed E-state index contributed by atoms with van der Waals surface area (Å²) in [6.45, 7) is 2.50. The van der Waals surface area contributed by atoms with E-state index in [-0.39, 0.29) is 17.9 Å². The highest BCUT2D eigenvalue weighted by Gasteiger charge is 2.46. The summed E-state index contributed by atoms with van der Waals surface area (Å²) in [7, 11) is 0. The van der Waals surface area contributed by atoms with E-state index in [4.69, 9.17) is 5.73 Å². The van der Waals surface area contributed by atoms with Crippen LogP contribution in [0.1, 0.15) is 60.1 Å². The van der Waals surface area contributed by atoms with Crippen LogP contribution in [0.5, 0.6) is 0 Å². The van der Waals surface area contributed by atoms with Gasteiger partial charge < -0.3 is 16.0 Å². The summed E-state index contributed by atoms with van der Waals surface area (Å²) in [6, 6.07) is 15.1. The minimum atomic E-state index is -0.821. The van der Waals surface area contributed by atoms with Gasteiger partial charge in [0.15, 0.2) is 0 Å². The standard InChI is InChI=1S/C23H27N3O2/c1-23(13-6-14-26(23)21(27)16-7-3-2-4-8-16)22(28)25-20-10-5-9-17-15-18(24)11-12-19(17)20/h2-4,7-8,11-12,15,20H,5-6,9-10,13-14,24H2,1H3,(H,25,28). The SMILES string of the molecule is CC1(C(=O)NC2CCCc3cc(N)ccc32)CCCN1C(=O)c1ccccc1. The molecule has 1 aliphatic heterocycles. The number of amides is 2. The molecule has 146 valence electrons. The van der Waals surface area contributed by atoms with Crippen molar-refractivity contribution in [3.63, 3.8) is 0 Å². The zero-order chi connectivity index (χ0) is 19.7. The number of carbonyl (C=O) groups is 2. The van der Waals surface area contributed by atoms with Gasteiger partial charge in [-0.2, -0.15) is 0 Å². The number of anilines is 1. The summed E-state index contributed by atoms with van der Waals surface area (Å²) in [5.41, 5.74) is 8.85. The van der Waals surface area contributed by atoms with Crippen molar-refractivity contribution < 1.29 is 9.59 Å². The Labute approximate surface area is 165 Å². The Hall–Kier alpha value is -2.82. The Morgan fingerprint density at radius 1 is 1.14 bits per heavy atom. The minimum absolute atomic E-state index is 0.0250. The molecule has 1 fully saturated rings. The zero-order valence-electron chi connectivity index (χ0n) is 16.3. The van der Waals surface area contributed by atoms with Crippen LogP contribution in [0, 0.1) is 0 Å². The fraction of sp³-hybridized carbons (Fsp3) is 0.391. The summed E-state index contributed by atoms with van der Waals surface area (Å²) in [4.78, 5) is 28.1. The second-order valence-corrected chi connectivity index (χ2v) is 8.08. The Morgan fingerprint density at radius 3 is 2.71 bits per heavy atom. The van der Waals surface area contributed by atoms with E-state index < -0.39 is 5.54 Å². The molecule has 0 aromatic heterocycles. The molecule has 0 radical (unpaired) electrons. The van der Waals surface area contributed by atoms with E-state index in [9.17, 15) is 9.59 Å². The molecule has 2 amide bonds. The lowest BCUT2D eigenvalue weighted by atomic mass is 9.86. The molecule has 2 unspecified atom stereocenters. The lowest BCUT2D eigenvalue weighted by molar-refractivity contribution is -0.130. The zero-order valence-corrected chi connectivity index (χ0v) is 16.3. The molecule has 2 aliphatic rings. The highest BCUT2D eigenvalue weighted by molar-refractivity contribution is 5.99. The molecule has 5 heteroatoms. The van der Waals surface area contributed by atoms with Gasteiger partial charge in [-0.1, -0.05) is 24.3 Å². The topological polar surface area (TPSA) is 75.4 Å². The van der Waals surface area contributed by atoms with Gasteiger partial charge in [0.2, 0.25) is 5.91 Å². The van der Waals surface area contributed by atoms with E-state index in [1.54, 1.807) is 17.0 Å². The summed E-state index contributed by atoms with van der Waals surface area (Å²) in [5, 5.41) is 3.24. The van der Waals surface area contributed by atoms with Crippen LogP contribution in [0.2, 0.25) is 0 Å². The van der Waals surface area contributed by atoms with Crippen molar-refractivity contribution in [2.24, 2.45) is 0 Å². The van der Waals surface area contributed by atoms with Crippen molar-refractivity contribution in [2.45, 2.75) is 50.6 Å². The van der Waals surface area contributed by atoms with Gasteiger partial charge in [0.1, 0.15) is 5.54 Å². The lowest BCUT2D eigenvalue weighted by Gasteiger charge is -2.36. The van der Waals surface area contributed by atoms with Crippen LogP contribution >= 0.6 is 0 Å². The monoisotopic (exact) mass is 377 g/mol. The first kappa shape index (κ1) is 18.5. The number of carbonyl (C=O) groups excluding carboxylic acids is 2. The van der Waals surface area contributed by atoms with Crippen LogP contribution < -0.4 is 11.1 Å². The molecule has 2 aromatic rings. The van der Waals surface area contributed by atoms with Crippen LogP contribution in [-0.4, -0.2) is 28.8 Å². The van der Waals surface area contributed by atoms with Crippen molar-refractivity contribution in [3.05, 3.63) is 65.2 Å². The number of hydrogen-bond acceptors (Lipinski definition) is 3. The third-order valence-electron chi connectivity index (χ3n) is 6.18. The van der Waals surface area contributed by atoms with Gasteiger partial charge in [0, 0.05) is 17.8 Å². The van der Waals surface area contributed by atoms with Gasteiger partial charge >= 0.3 is 0 Å². The summed E-state index contributed by atoms with van der Waals surface area (Å²) >= 11 is 0. The number of fused-ring (bicyclic) bond motifs is 1. The molecule has 2 aromatic carbocycles. The average Bonchev–Trinajstić information content (AvgIpc) is 3.11. The summed E-state index contributed by atoms with van der Waals surface area (Å²) < 4.78 is 0. The van der Waals surface area contributed by atoms with Crippen molar-refractivity contribution in [3.8, 4) is 0 Å². The second kappa shape index (κ2) is 7.30. The van der Waals surface area contributed by atoms with Crippen molar-refractivity contribution >= 4 is 17.5 Å². The van der Waals surface area contributed by atoms with Crippen LogP contribution in [0.25, 0.3) is 0 Å². The van der Waals surface area contributed by atoms with Crippen LogP contribution in [0.4, 0.5) is 5.69 Å². The van der Waals surface area contributed by atoms with E-state index in [2.05, 4.69) is 5.32 Å². The van der Waals surface area contributed by atoms with Crippen molar-refractivity contribution in [1.82, 2.24) is 10.2 Å². The predicted octanol–water partition coefficient (Wildman–Crippen LogP) is 3.46. The third kappa shape index (κ3) is 3.26. The van der Waals surface area contributed by atoms with Crippen molar-refractivity contribution in [1.29, 1.82) is 0 Å². The van der Waals surface area contributed by atoms with Crippen molar-refractivity contribution in [2.75, 3.05) is 12.3 Å². The Kier molecular flexibility index (Phi) is 4.84. The molecule has 2 atom stereocenters. The molecule has 0 spiro atoms. The first-order valence-electron chi connectivity index (χ1n) is 10.1. The van der Waals surface area contributed by atoms with Crippen LogP contribution in [0.15, 0.2) is 48.5 Å². The van der Waals surface area contributed by atoms with Gasteiger partial charge in [-0.15, -0.1) is 0 Å². The number of rotatable bonds is 3. The van der Waals surface area contributed by atoms with E-state index >= 15 is 0 Å². The molecule has 28 heavy (non-hydrogen) atoms. The normalized spacial score (nSPS) is 23.9. The molecule has 1 aliphatic carbocycles. The lowest BCUT2D eigenvalue weighted by Crippen LogP contribution is -2.56. The molecular weight excluding hydrogens is 350 g/mol. The van der Waals surface area contributed by atoms with Crippen LogP contribution in [0.3, 0.4) is 0 Å². The largest absolute Gasteiger partial charge is 0.399 e. The fourth-order valence-electron chi connectivity index (χ4n) is 4.56. The maximum Gasteiger partial charge on any atom is 0.254 e. The number of benzene rings is 2. The fourth-order valence-corrected chi connectivity index (χ4v) is 4.56. The average molecular weight is 377 g/mol. The quantitative estimate of drug-likeness (QED) is 0.805. The Bertz CT molecular complexity index is 896. The van der Waals surface area contributed by atoms with E-state index in [1.807, 2.05) is 43.3 Å². The first-order valence-corrected chi connectivity index (χ1v) is 10.1. The maximum atomic E-state index is 13.3. The van der Waals surface area contributed by atoms with Gasteiger partial charge in [-0.05, 0) is 74.4 Å². The number of hydrogen-bond donors (Lipinski definition) is 2. The summed E-state index contributed by atoms with van der Waals surface area (Å²) in [6.07, 6.45) is 4.43. The Balaban J connectivity index is 1.55. The molecule has 0 bridgehead atoms. The summed E-state index contributed by atoms with van der Waals surface area (Å²) in [5.74, 6) is -0.142. The minimum Gasteiger partial charge on any atom is -0.399 e. The number of nitrogens with zero attached hydrogens (tertiary/aromatic N) is 1. The molecule has 4 rings (SSSR count). The molecule has 1 heterocycles. The van der Waals surface area contributed by atoms with Gasteiger partial charge in [-0.25, -0.2) is 0 Å². The number of aryl methyl sites for hydroxylation is 1. The second-order valence-electron chi connectivity index (χ2n) is 8.08. The predicted molar refractivity (Wildman–Crippen MR) is 110 cm³/mol. The Morgan fingerprint density at radius 2 is 1.93 bits per heavy atom. The molecule has 1 saturated heterocycles.